The van der Waals surface area contributed by atoms with Crippen LogP contribution in [0.25, 0.3) is 0 Å². The highest BCUT2D eigenvalue weighted by Crippen LogP contribution is 2.25. The Bertz CT molecular complexity index is 620. The van der Waals surface area contributed by atoms with Gasteiger partial charge < -0.3 is 15.4 Å². The molecule has 0 saturated heterocycles. The number of hydrogen-bond acceptors (Lipinski definition) is 4. The molecule has 0 radical (unpaired) electrons. The van der Waals surface area contributed by atoms with Crippen LogP contribution in [0.4, 0.5) is 10.5 Å². The van der Waals surface area contributed by atoms with E-state index in [-0.39, 0.29) is 12.1 Å². The van der Waals surface area contributed by atoms with Crippen molar-refractivity contribution in [3.05, 3.63) is 29.3 Å². The number of amides is 1. The Morgan fingerprint density at radius 1 is 1.21 bits per heavy atom. The van der Waals surface area contributed by atoms with Crippen molar-refractivity contribution < 1.29 is 9.53 Å². The van der Waals surface area contributed by atoms with Crippen molar-refractivity contribution in [1.82, 2.24) is 5.32 Å². The van der Waals surface area contributed by atoms with E-state index < -0.39 is 5.60 Å². The quantitative estimate of drug-likeness (QED) is 0.875. The zero-order chi connectivity index (χ0) is 17.7. The maximum absolute atomic E-state index is 11.8. The molecule has 0 unspecified atom stereocenters. The molecule has 1 aromatic carbocycles. The molecule has 24 heavy (non-hydrogen) atoms. The number of benzene rings is 1. The maximum Gasteiger partial charge on any atom is 0.407 e. The minimum atomic E-state index is -0.466. The minimum absolute atomic E-state index is 0.171. The van der Waals surface area contributed by atoms with Crippen molar-refractivity contribution in [1.29, 1.82) is 5.26 Å². The van der Waals surface area contributed by atoms with Crippen molar-refractivity contribution in [2.75, 3.05) is 5.32 Å². The Morgan fingerprint density at radius 2 is 1.83 bits per heavy atom. The smallest absolute Gasteiger partial charge is 0.407 e. The molecule has 1 aliphatic rings. The fraction of sp³-hybridized carbons (Fsp3) is 0.579. The SMILES string of the molecule is Cc1ccc(C#N)cc1NC1CCC(NC(=O)OC(C)(C)C)CC1. The molecule has 130 valence electrons. The summed E-state index contributed by atoms with van der Waals surface area (Å²) in [4.78, 5) is 11.8. The summed E-state index contributed by atoms with van der Waals surface area (Å²) < 4.78 is 5.31. The molecule has 1 aromatic rings. The number of anilines is 1. The van der Waals surface area contributed by atoms with Gasteiger partial charge in [-0.25, -0.2) is 4.79 Å². The second-order valence-corrected chi connectivity index (χ2v) is 7.48. The van der Waals surface area contributed by atoms with Crippen LogP contribution in [0.15, 0.2) is 18.2 Å². The summed E-state index contributed by atoms with van der Waals surface area (Å²) in [5, 5.41) is 15.5. The van der Waals surface area contributed by atoms with Crippen LogP contribution in [0, 0.1) is 18.3 Å². The first-order chi connectivity index (χ1) is 11.3. The zero-order valence-electron chi connectivity index (χ0n) is 15.0. The Labute approximate surface area is 144 Å². The van der Waals surface area contributed by atoms with Crippen LogP contribution in [0.1, 0.15) is 57.6 Å². The predicted octanol–water partition coefficient (Wildman–Crippen LogP) is 4.11. The highest BCUT2D eigenvalue weighted by Gasteiger charge is 2.24. The number of rotatable bonds is 3. The summed E-state index contributed by atoms with van der Waals surface area (Å²) in [5.41, 5.74) is 2.37. The van der Waals surface area contributed by atoms with Crippen molar-refractivity contribution in [2.24, 2.45) is 0 Å². The Balaban J connectivity index is 1.83. The number of alkyl carbamates (subject to hydrolysis) is 1. The molecule has 0 aliphatic heterocycles. The molecule has 1 fully saturated rings. The monoisotopic (exact) mass is 329 g/mol. The standard InChI is InChI=1S/C19H27N3O2/c1-13-5-6-14(12-20)11-17(13)21-15-7-9-16(10-8-15)22-18(23)24-19(2,3)4/h5-6,11,15-16,21H,7-10H2,1-4H3,(H,22,23). The number of nitrogens with one attached hydrogen (secondary N) is 2. The van der Waals surface area contributed by atoms with Gasteiger partial charge in [-0.1, -0.05) is 6.07 Å². The van der Waals surface area contributed by atoms with Crippen LogP contribution >= 0.6 is 0 Å². The van der Waals surface area contributed by atoms with Crippen molar-refractivity contribution in [3.8, 4) is 6.07 Å². The largest absolute Gasteiger partial charge is 0.444 e. The Morgan fingerprint density at radius 3 is 2.42 bits per heavy atom. The average molecular weight is 329 g/mol. The Kier molecular flexibility index (Phi) is 5.71. The van der Waals surface area contributed by atoms with E-state index in [0.29, 0.717) is 11.6 Å². The summed E-state index contributed by atoms with van der Waals surface area (Å²) >= 11 is 0. The van der Waals surface area contributed by atoms with Crippen LogP contribution < -0.4 is 10.6 Å². The molecular weight excluding hydrogens is 302 g/mol. The number of hydrogen-bond donors (Lipinski definition) is 2. The average Bonchev–Trinajstić information content (AvgIpc) is 2.49. The molecule has 0 spiro atoms. The number of ether oxygens (including phenoxy) is 1. The lowest BCUT2D eigenvalue weighted by atomic mass is 9.91. The second-order valence-electron chi connectivity index (χ2n) is 7.48. The van der Waals surface area contributed by atoms with E-state index in [1.54, 1.807) is 0 Å². The molecule has 5 heteroatoms. The molecule has 1 aliphatic carbocycles. The lowest BCUT2D eigenvalue weighted by Crippen LogP contribution is -2.42. The van der Waals surface area contributed by atoms with E-state index >= 15 is 0 Å². The Hall–Kier alpha value is -2.22. The topological polar surface area (TPSA) is 74.2 Å². The van der Waals surface area contributed by atoms with Gasteiger partial charge in [0.15, 0.2) is 0 Å². The van der Waals surface area contributed by atoms with Crippen molar-refractivity contribution in [3.63, 3.8) is 0 Å². The molecular formula is C19H27N3O2. The number of nitriles is 1. The van der Waals surface area contributed by atoms with Crippen molar-refractivity contribution in [2.45, 2.75) is 71.1 Å². The number of carbonyl (C=O) groups excluding carboxylic acids is 1. The lowest BCUT2D eigenvalue weighted by Gasteiger charge is -2.31. The summed E-state index contributed by atoms with van der Waals surface area (Å²) in [6.45, 7) is 7.64. The van der Waals surface area contributed by atoms with Crippen LogP contribution in [-0.4, -0.2) is 23.8 Å². The molecule has 2 rings (SSSR count). The van der Waals surface area contributed by atoms with E-state index in [4.69, 9.17) is 10.00 Å². The lowest BCUT2D eigenvalue weighted by molar-refractivity contribution is 0.0492. The predicted molar refractivity (Wildman–Crippen MR) is 94.9 cm³/mol. The molecule has 1 amide bonds. The normalized spacial score (nSPS) is 20.8. The van der Waals surface area contributed by atoms with Crippen LogP contribution in [-0.2, 0) is 4.74 Å². The highest BCUT2D eigenvalue weighted by atomic mass is 16.6. The fourth-order valence-corrected chi connectivity index (χ4v) is 2.92. The summed E-state index contributed by atoms with van der Waals surface area (Å²) in [7, 11) is 0. The van der Waals surface area contributed by atoms with Gasteiger partial charge in [0.25, 0.3) is 0 Å². The van der Waals surface area contributed by atoms with Gasteiger partial charge >= 0.3 is 6.09 Å². The number of carbonyl (C=O) groups is 1. The molecule has 0 heterocycles. The van der Waals surface area contributed by atoms with Gasteiger partial charge in [-0.3, -0.25) is 0 Å². The molecule has 0 bridgehead atoms. The minimum Gasteiger partial charge on any atom is -0.444 e. The summed E-state index contributed by atoms with van der Waals surface area (Å²) in [6, 6.07) is 8.43. The molecule has 2 N–H and O–H groups in total. The van der Waals surface area contributed by atoms with Crippen LogP contribution in [0.2, 0.25) is 0 Å². The third-order valence-corrected chi connectivity index (χ3v) is 4.17. The maximum atomic E-state index is 11.8. The van der Waals surface area contributed by atoms with Gasteiger partial charge in [0.1, 0.15) is 5.60 Å². The van der Waals surface area contributed by atoms with Gasteiger partial charge in [0, 0.05) is 17.8 Å². The first-order valence-corrected chi connectivity index (χ1v) is 8.53. The van der Waals surface area contributed by atoms with Crippen LogP contribution in [0.3, 0.4) is 0 Å². The van der Waals surface area contributed by atoms with E-state index in [2.05, 4.69) is 16.7 Å². The van der Waals surface area contributed by atoms with E-state index in [0.717, 1.165) is 36.9 Å². The van der Waals surface area contributed by atoms with Gasteiger partial charge in [-0.2, -0.15) is 5.26 Å². The van der Waals surface area contributed by atoms with E-state index in [9.17, 15) is 4.79 Å². The first-order valence-electron chi connectivity index (χ1n) is 8.53. The van der Waals surface area contributed by atoms with E-state index in [1.807, 2.05) is 45.9 Å². The third-order valence-electron chi connectivity index (χ3n) is 4.17. The number of nitrogens with zero attached hydrogens (tertiary/aromatic N) is 1. The fourth-order valence-electron chi connectivity index (χ4n) is 2.92. The van der Waals surface area contributed by atoms with Gasteiger partial charge in [-0.05, 0) is 71.1 Å². The van der Waals surface area contributed by atoms with Gasteiger partial charge in [0.05, 0.1) is 11.6 Å². The highest BCUT2D eigenvalue weighted by molar-refractivity contribution is 5.68. The zero-order valence-corrected chi connectivity index (χ0v) is 15.0. The van der Waals surface area contributed by atoms with E-state index in [1.165, 1.54) is 0 Å². The van der Waals surface area contributed by atoms with Gasteiger partial charge in [-0.15, -0.1) is 0 Å². The van der Waals surface area contributed by atoms with Crippen LogP contribution in [0.5, 0.6) is 0 Å². The third kappa shape index (κ3) is 5.45. The molecule has 5 nitrogen and oxygen atoms in total. The molecule has 1 saturated carbocycles. The number of aryl methyl sites for hydroxylation is 1. The second kappa shape index (κ2) is 7.57. The van der Waals surface area contributed by atoms with Gasteiger partial charge in [0.2, 0.25) is 0 Å². The first kappa shape index (κ1) is 18.1. The summed E-state index contributed by atoms with van der Waals surface area (Å²) in [5.74, 6) is 0. The van der Waals surface area contributed by atoms with Crippen molar-refractivity contribution >= 4 is 11.8 Å². The molecule has 0 aromatic heterocycles. The summed E-state index contributed by atoms with van der Waals surface area (Å²) in [6.07, 6.45) is 3.48. The molecule has 0 atom stereocenters.